The van der Waals surface area contributed by atoms with E-state index in [1.807, 2.05) is 39.1 Å². The number of ketones is 1. The number of hydrogen-bond acceptors (Lipinski definition) is 4. The molecular weight excluding hydrogens is 430 g/mol. The van der Waals surface area contributed by atoms with E-state index in [4.69, 9.17) is 0 Å². The molecule has 33 heavy (non-hydrogen) atoms. The standard InChI is InChI=1S/C27H27N3O2S/c1-2-19-7-5-8-20(15-19)9-6-10-24(31)22-18-33-25-17-29(14-12-21(22)25)27(32)23-16-28-26-11-3-4-13-30(23)26/h3-5,7-8,11,13,15-16,18H,2,6,9-10,12,14,17H2,1H3. The fourth-order valence-corrected chi connectivity index (χ4v) is 5.70. The summed E-state index contributed by atoms with van der Waals surface area (Å²) in [7, 11) is 0. The Morgan fingerprint density at radius 3 is 2.88 bits per heavy atom. The zero-order valence-corrected chi connectivity index (χ0v) is 19.6. The van der Waals surface area contributed by atoms with Crippen LogP contribution in [0.1, 0.15) is 62.2 Å². The lowest BCUT2D eigenvalue weighted by Gasteiger charge is -2.27. The van der Waals surface area contributed by atoms with Crippen LogP contribution in [0.15, 0.2) is 60.2 Å². The Hall–Kier alpha value is -3.25. The summed E-state index contributed by atoms with van der Waals surface area (Å²) in [5, 5.41) is 1.99. The molecule has 0 aliphatic carbocycles. The molecule has 0 saturated carbocycles. The van der Waals surface area contributed by atoms with Crippen molar-refractivity contribution in [3.8, 4) is 0 Å². The van der Waals surface area contributed by atoms with Gasteiger partial charge in [-0.25, -0.2) is 4.98 Å². The van der Waals surface area contributed by atoms with Gasteiger partial charge < -0.3 is 4.90 Å². The van der Waals surface area contributed by atoms with Crippen molar-refractivity contribution in [2.24, 2.45) is 0 Å². The number of fused-ring (bicyclic) bond motifs is 2. The Kier molecular flexibility index (Phi) is 6.09. The van der Waals surface area contributed by atoms with Gasteiger partial charge in [0.05, 0.1) is 12.7 Å². The highest BCUT2D eigenvalue weighted by Gasteiger charge is 2.28. The molecule has 0 bridgehead atoms. The van der Waals surface area contributed by atoms with Crippen LogP contribution in [0.4, 0.5) is 0 Å². The van der Waals surface area contributed by atoms with Gasteiger partial charge in [0.1, 0.15) is 11.3 Å². The van der Waals surface area contributed by atoms with E-state index in [0.717, 1.165) is 47.3 Å². The number of amides is 1. The van der Waals surface area contributed by atoms with Crippen molar-refractivity contribution in [1.82, 2.24) is 14.3 Å². The monoisotopic (exact) mass is 457 g/mol. The summed E-state index contributed by atoms with van der Waals surface area (Å²) in [6, 6.07) is 14.3. The van der Waals surface area contributed by atoms with Crippen molar-refractivity contribution >= 4 is 28.7 Å². The van der Waals surface area contributed by atoms with Crippen LogP contribution in [-0.4, -0.2) is 32.5 Å². The van der Waals surface area contributed by atoms with Crippen LogP contribution >= 0.6 is 11.3 Å². The number of rotatable bonds is 7. The highest BCUT2D eigenvalue weighted by molar-refractivity contribution is 7.10. The summed E-state index contributed by atoms with van der Waals surface area (Å²) in [4.78, 5) is 33.4. The average Bonchev–Trinajstić information content (AvgIpc) is 3.47. The molecule has 0 N–H and O–H groups in total. The fraction of sp³-hybridized carbons (Fsp3) is 0.296. The Morgan fingerprint density at radius 2 is 2.00 bits per heavy atom. The summed E-state index contributed by atoms with van der Waals surface area (Å²) in [5.41, 5.74) is 5.99. The van der Waals surface area contributed by atoms with Crippen molar-refractivity contribution in [1.29, 1.82) is 0 Å². The third-order valence-corrected chi connectivity index (χ3v) is 7.45. The molecule has 0 atom stereocenters. The van der Waals surface area contributed by atoms with Gasteiger partial charge in [-0.2, -0.15) is 0 Å². The number of aromatic nitrogens is 2. The van der Waals surface area contributed by atoms with Gasteiger partial charge in [0, 0.05) is 35.0 Å². The van der Waals surface area contributed by atoms with E-state index >= 15 is 0 Å². The van der Waals surface area contributed by atoms with E-state index in [1.54, 1.807) is 17.5 Å². The summed E-state index contributed by atoms with van der Waals surface area (Å²) in [6.45, 7) is 3.33. The number of pyridine rings is 1. The molecule has 0 unspecified atom stereocenters. The highest BCUT2D eigenvalue weighted by atomic mass is 32.1. The largest absolute Gasteiger partial charge is 0.332 e. The molecule has 5 rings (SSSR count). The first-order valence-electron chi connectivity index (χ1n) is 11.6. The number of hydrogen-bond donors (Lipinski definition) is 0. The molecule has 1 aromatic carbocycles. The molecule has 0 spiro atoms. The second-order valence-electron chi connectivity index (χ2n) is 8.55. The number of benzene rings is 1. The predicted octanol–water partition coefficient (Wildman–Crippen LogP) is 5.36. The number of imidazole rings is 1. The van der Waals surface area contributed by atoms with E-state index < -0.39 is 0 Å². The van der Waals surface area contributed by atoms with E-state index in [0.29, 0.717) is 25.2 Å². The average molecular weight is 458 g/mol. The molecule has 6 heteroatoms. The normalized spacial score (nSPS) is 13.3. The minimum Gasteiger partial charge on any atom is -0.332 e. The van der Waals surface area contributed by atoms with Crippen LogP contribution in [-0.2, 0) is 25.8 Å². The van der Waals surface area contributed by atoms with E-state index in [-0.39, 0.29) is 11.7 Å². The summed E-state index contributed by atoms with van der Waals surface area (Å²) >= 11 is 1.60. The maximum Gasteiger partial charge on any atom is 0.272 e. The molecular formula is C27H27N3O2S. The summed E-state index contributed by atoms with van der Waals surface area (Å²) in [5.74, 6) is 0.204. The molecule has 3 aromatic heterocycles. The van der Waals surface area contributed by atoms with Crippen LogP contribution in [0.25, 0.3) is 5.65 Å². The molecule has 0 saturated heterocycles. The first-order chi connectivity index (χ1) is 16.1. The molecule has 4 aromatic rings. The molecule has 1 aliphatic heterocycles. The zero-order chi connectivity index (χ0) is 22.8. The van der Waals surface area contributed by atoms with Crippen molar-refractivity contribution in [2.45, 2.75) is 45.6 Å². The highest BCUT2D eigenvalue weighted by Crippen LogP contribution is 2.30. The maximum atomic E-state index is 13.1. The predicted molar refractivity (Wildman–Crippen MR) is 131 cm³/mol. The molecule has 1 aliphatic rings. The molecule has 5 nitrogen and oxygen atoms in total. The van der Waals surface area contributed by atoms with Crippen molar-refractivity contribution in [2.75, 3.05) is 6.54 Å². The van der Waals surface area contributed by atoms with E-state index in [1.165, 1.54) is 11.1 Å². The fourth-order valence-electron chi connectivity index (χ4n) is 4.58. The van der Waals surface area contributed by atoms with Gasteiger partial charge in [0.25, 0.3) is 5.91 Å². The zero-order valence-electron chi connectivity index (χ0n) is 18.8. The molecule has 1 amide bonds. The van der Waals surface area contributed by atoms with Gasteiger partial charge in [-0.15, -0.1) is 11.3 Å². The lowest BCUT2D eigenvalue weighted by Crippen LogP contribution is -2.36. The minimum absolute atomic E-state index is 0.0186. The Balaban J connectivity index is 1.23. The second-order valence-corrected chi connectivity index (χ2v) is 9.51. The van der Waals surface area contributed by atoms with Gasteiger partial charge >= 0.3 is 0 Å². The smallest absolute Gasteiger partial charge is 0.272 e. The van der Waals surface area contributed by atoms with Crippen molar-refractivity contribution < 1.29 is 9.59 Å². The lowest BCUT2D eigenvalue weighted by molar-refractivity contribution is 0.0730. The van der Waals surface area contributed by atoms with Crippen molar-refractivity contribution in [3.63, 3.8) is 0 Å². The number of thiophene rings is 1. The minimum atomic E-state index is -0.0186. The Morgan fingerprint density at radius 1 is 1.12 bits per heavy atom. The topological polar surface area (TPSA) is 54.7 Å². The van der Waals surface area contributed by atoms with Gasteiger partial charge in [-0.05, 0) is 54.5 Å². The number of carbonyl (C=O) groups excluding carboxylic acids is 2. The molecule has 0 fully saturated rings. The number of carbonyl (C=O) groups is 2. The first kappa shape index (κ1) is 21.6. The maximum absolute atomic E-state index is 13.1. The number of aryl methyl sites for hydroxylation is 2. The SMILES string of the molecule is CCc1cccc(CCCC(=O)c2csc3c2CCN(C(=O)c2cnc4ccccn24)C3)c1. The van der Waals surface area contributed by atoms with Crippen LogP contribution in [0, 0.1) is 0 Å². The van der Waals surface area contributed by atoms with E-state index in [9.17, 15) is 9.59 Å². The molecule has 4 heterocycles. The van der Waals surface area contributed by atoms with Gasteiger partial charge in [-0.1, -0.05) is 37.3 Å². The summed E-state index contributed by atoms with van der Waals surface area (Å²) in [6.07, 6.45) is 7.61. The third-order valence-electron chi connectivity index (χ3n) is 6.44. The van der Waals surface area contributed by atoms with Crippen LogP contribution in [0.2, 0.25) is 0 Å². The van der Waals surface area contributed by atoms with Gasteiger partial charge in [-0.3, -0.25) is 14.0 Å². The second kappa shape index (κ2) is 9.32. The third kappa shape index (κ3) is 4.35. The Bertz CT molecular complexity index is 1320. The number of nitrogens with zero attached hydrogens (tertiary/aromatic N) is 3. The van der Waals surface area contributed by atoms with Gasteiger partial charge in [0.15, 0.2) is 5.78 Å². The van der Waals surface area contributed by atoms with Crippen LogP contribution < -0.4 is 0 Å². The quantitative estimate of drug-likeness (QED) is 0.351. The summed E-state index contributed by atoms with van der Waals surface area (Å²) < 4.78 is 1.83. The van der Waals surface area contributed by atoms with E-state index in [2.05, 4.69) is 36.2 Å². The first-order valence-corrected chi connectivity index (χ1v) is 12.4. The Labute approximate surface area is 197 Å². The number of Topliss-reactive ketones (excluding diaryl/α,β-unsaturated/α-hetero) is 1. The van der Waals surface area contributed by atoms with Crippen molar-refractivity contribution in [3.05, 3.63) is 93.1 Å². The lowest BCUT2D eigenvalue weighted by atomic mass is 9.97. The molecule has 168 valence electrons. The van der Waals surface area contributed by atoms with Crippen LogP contribution in [0.5, 0.6) is 0 Å². The van der Waals surface area contributed by atoms with Gasteiger partial charge in [0.2, 0.25) is 0 Å². The van der Waals surface area contributed by atoms with Crippen LogP contribution in [0.3, 0.4) is 0 Å². The molecule has 0 radical (unpaired) electrons.